The molecule has 0 aliphatic rings. The van der Waals surface area contributed by atoms with Gasteiger partial charge in [0.2, 0.25) is 0 Å². The topological polar surface area (TPSA) is 83.5 Å². The number of hydrogen-bond acceptors (Lipinski definition) is 5. The molecule has 0 unspecified atom stereocenters. The highest BCUT2D eigenvalue weighted by Crippen LogP contribution is 2.27. The van der Waals surface area contributed by atoms with Crippen LogP contribution >= 0.6 is 11.6 Å². The number of aromatic nitrogens is 1. The Morgan fingerprint density at radius 1 is 1.42 bits per heavy atom. The zero-order valence-electron chi connectivity index (χ0n) is 12.6. The van der Waals surface area contributed by atoms with Crippen LogP contribution in [-0.2, 0) is 4.84 Å². The van der Waals surface area contributed by atoms with Gasteiger partial charge in [0.25, 0.3) is 5.91 Å². The zero-order valence-corrected chi connectivity index (χ0v) is 13.3. The highest BCUT2D eigenvalue weighted by molar-refractivity contribution is 6.30. The van der Waals surface area contributed by atoms with Crippen LogP contribution in [0.4, 0.5) is 20.3 Å². The summed E-state index contributed by atoms with van der Waals surface area (Å²) in [6, 6.07) is 3.51. The first kappa shape index (κ1) is 18.1. The Labute approximate surface area is 141 Å². The number of carbonyl (C=O) groups is 1. The van der Waals surface area contributed by atoms with Crippen molar-refractivity contribution in [1.29, 1.82) is 0 Å². The van der Waals surface area contributed by atoms with Crippen molar-refractivity contribution in [3.05, 3.63) is 52.2 Å². The van der Waals surface area contributed by atoms with Gasteiger partial charge < -0.3 is 10.4 Å². The van der Waals surface area contributed by atoms with Crippen molar-refractivity contribution < 1.29 is 23.5 Å². The number of carbonyl (C=O) groups excluding carboxylic acids is 1. The number of hydroxylamine groups is 1. The fraction of sp³-hybridized carbons (Fsp3) is 0.200. The fourth-order valence-corrected chi connectivity index (χ4v) is 2.08. The molecule has 2 rings (SSSR count). The van der Waals surface area contributed by atoms with E-state index in [1.54, 1.807) is 13.0 Å². The molecule has 1 aromatic heterocycles. The highest BCUT2D eigenvalue weighted by Gasteiger charge is 2.20. The summed E-state index contributed by atoms with van der Waals surface area (Å²) in [7, 11) is 0. The normalized spacial score (nSPS) is 10.5. The van der Waals surface area contributed by atoms with Gasteiger partial charge in [0.05, 0.1) is 29.5 Å². The van der Waals surface area contributed by atoms with Gasteiger partial charge in [0, 0.05) is 6.20 Å². The number of aliphatic hydroxyl groups excluding tert-OH is 1. The van der Waals surface area contributed by atoms with E-state index in [9.17, 15) is 13.6 Å². The van der Waals surface area contributed by atoms with E-state index < -0.39 is 23.2 Å². The predicted molar refractivity (Wildman–Crippen MR) is 84.1 cm³/mol. The van der Waals surface area contributed by atoms with Crippen LogP contribution in [0.1, 0.15) is 15.9 Å². The second-order valence-electron chi connectivity index (χ2n) is 4.73. The lowest BCUT2D eigenvalue weighted by molar-refractivity contribution is 0.0168. The van der Waals surface area contributed by atoms with Gasteiger partial charge in [-0.2, -0.15) is 0 Å². The Hall–Kier alpha value is -2.29. The van der Waals surface area contributed by atoms with Crippen molar-refractivity contribution >= 4 is 29.0 Å². The molecule has 0 aliphatic carbocycles. The van der Waals surface area contributed by atoms with Gasteiger partial charge in [-0.15, -0.1) is 0 Å². The van der Waals surface area contributed by atoms with Gasteiger partial charge in [-0.25, -0.2) is 19.2 Å². The Morgan fingerprint density at radius 3 is 2.83 bits per heavy atom. The molecule has 24 heavy (non-hydrogen) atoms. The Bertz CT molecular complexity index is 759. The minimum absolute atomic E-state index is 0.143. The van der Waals surface area contributed by atoms with E-state index in [0.29, 0.717) is 10.6 Å². The molecule has 0 aliphatic heterocycles. The van der Waals surface area contributed by atoms with Crippen LogP contribution in [0, 0.1) is 18.6 Å². The van der Waals surface area contributed by atoms with Gasteiger partial charge >= 0.3 is 0 Å². The smallest absolute Gasteiger partial charge is 0.277 e. The monoisotopic (exact) mass is 357 g/mol. The molecule has 1 aromatic carbocycles. The summed E-state index contributed by atoms with van der Waals surface area (Å²) in [5.41, 5.74) is 2.02. The maximum atomic E-state index is 14.2. The van der Waals surface area contributed by atoms with Gasteiger partial charge in [-0.3, -0.25) is 9.63 Å². The van der Waals surface area contributed by atoms with Crippen LogP contribution in [0.3, 0.4) is 0 Å². The van der Waals surface area contributed by atoms with Crippen LogP contribution in [0.25, 0.3) is 0 Å². The number of nitrogens with zero attached hydrogens (tertiary/aromatic N) is 1. The first-order valence-electron chi connectivity index (χ1n) is 6.84. The number of benzene rings is 1. The molecule has 0 radical (unpaired) electrons. The molecule has 0 fully saturated rings. The summed E-state index contributed by atoms with van der Waals surface area (Å²) < 4.78 is 27.7. The zero-order chi connectivity index (χ0) is 17.7. The summed E-state index contributed by atoms with van der Waals surface area (Å²) in [5.74, 6) is -2.96. The summed E-state index contributed by atoms with van der Waals surface area (Å²) in [4.78, 5) is 20.7. The first-order chi connectivity index (χ1) is 11.4. The molecule has 0 bridgehead atoms. The maximum absolute atomic E-state index is 14.2. The number of amides is 1. The van der Waals surface area contributed by atoms with Crippen molar-refractivity contribution in [3.63, 3.8) is 0 Å². The average Bonchev–Trinajstić information content (AvgIpc) is 2.54. The van der Waals surface area contributed by atoms with Crippen molar-refractivity contribution in [3.8, 4) is 0 Å². The largest absolute Gasteiger partial charge is 0.394 e. The Morgan fingerprint density at radius 2 is 2.17 bits per heavy atom. The number of halogens is 3. The molecule has 0 atom stereocenters. The van der Waals surface area contributed by atoms with Crippen molar-refractivity contribution in [1.82, 2.24) is 10.5 Å². The summed E-state index contributed by atoms with van der Waals surface area (Å²) in [6.45, 7) is 1.22. The van der Waals surface area contributed by atoms with E-state index in [4.69, 9.17) is 16.7 Å². The van der Waals surface area contributed by atoms with Gasteiger partial charge in [-0.1, -0.05) is 11.6 Å². The molecule has 1 amide bonds. The molecular weight excluding hydrogens is 344 g/mol. The van der Waals surface area contributed by atoms with E-state index in [1.807, 2.05) is 5.48 Å². The van der Waals surface area contributed by atoms with Crippen molar-refractivity contribution in [2.75, 3.05) is 18.5 Å². The van der Waals surface area contributed by atoms with Crippen LogP contribution < -0.4 is 10.8 Å². The van der Waals surface area contributed by atoms with Crippen LogP contribution in [-0.4, -0.2) is 29.2 Å². The van der Waals surface area contributed by atoms with Gasteiger partial charge in [-0.05, 0) is 30.7 Å². The number of rotatable bonds is 6. The highest BCUT2D eigenvalue weighted by atomic mass is 35.5. The molecule has 0 saturated carbocycles. The Kier molecular flexibility index (Phi) is 6.02. The standard InChI is InChI=1S/C15H14ClF2N3O3/c1-8-6-9(16)7-19-14(8)20-13-10(2-3-11(17)12(13)18)15(23)21-24-5-4-22/h2-3,6-7,22H,4-5H2,1H3,(H,19,20)(H,21,23). The minimum atomic E-state index is -1.24. The maximum Gasteiger partial charge on any atom is 0.277 e. The molecule has 0 saturated heterocycles. The summed E-state index contributed by atoms with van der Waals surface area (Å²) in [5, 5.41) is 11.6. The minimum Gasteiger partial charge on any atom is -0.394 e. The molecule has 1 heterocycles. The number of nitrogens with one attached hydrogen (secondary N) is 2. The molecule has 9 heteroatoms. The first-order valence-corrected chi connectivity index (χ1v) is 7.22. The molecule has 128 valence electrons. The number of anilines is 2. The van der Waals surface area contributed by atoms with Crippen LogP contribution in [0.2, 0.25) is 5.02 Å². The number of aryl methyl sites for hydroxylation is 1. The third-order valence-electron chi connectivity index (χ3n) is 2.99. The van der Waals surface area contributed by atoms with Crippen LogP contribution in [0.5, 0.6) is 0 Å². The van der Waals surface area contributed by atoms with E-state index in [0.717, 1.165) is 12.1 Å². The van der Waals surface area contributed by atoms with Gasteiger partial charge in [0.15, 0.2) is 11.6 Å². The molecule has 3 N–H and O–H groups in total. The van der Waals surface area contributed by atoms with Gasteiger partial charge in [0.1, 0.15) is 5.82 Å². The number of pyridine rings is 1. The van der Waals surface area contributed by atoms with Crippen LogP contribution in [0.15, 0.2) is 24.4 Å². The van der Waals surface area contributed by atoms with E-state index in [2.05, 4.69) is 15.1 Å². The van der Waals surface area contributed by atoms with Crippen molar-refractivity contribution in [2.45, 2.75) is 6.92 Å². The van der Waals surface area contributed by atoms with E-state index >= 15 is 0 Å². The lowest BCUT2D eigenvalue weighted by Crippen LogP contribution is -2.26. The fourth-order valence-electron chi connectivity index (χ4n) is 1.87. The third-order valence-corrected chi connectivity index (χ3v) is 3.19. The van der Waals surface area contributed by atoms with E-state index in [-0.39, 0.29) is 24.6 Å². The predicted octanol–water partition coefficient (Wildman–Crippen LogP) is 2.72. The van der Waals surface area contributed by atoms with Crippen molar-refractivity contribution in [2.24, 2.45) is 0 Å². The number of aliphatic hydroxyl groups is 1. The summed E-state index contributed by atoms with van der Waals surface area (Å²) >= 11 is 5.80. The SMILES string of the molecule is Cc1cc(Cl)cnc1Nc1c(C(=O)NOCCO)ccc(F)c1F. The molecule has 6 nitrogen and oxygen atoms in total. The average molecular weight is 358 g/mol. The molecule has 0 spiro atoms. The number of hydrogen-bond donors (Lipinski definition) is 3. The lowest BCUT2D eigenvalue weighted by atomic mass is 10.1. The Balaban J connectivity index is 2.36. The molecule has 2 aromatic rings. The third kappa shape index (κ3) is 4.16. The summed E-state index contributed by atoms with van der Waals surface area (Å²) in [6.07, 6.45) is 1.33. The second kappa shape index (κ2) is 8.00. The quantitative estimate of drug-likeness (QED) is 0.547. The molecular formula is C15H14ClF2N3O3. The van der Waals surface area contributed by atoms with E-state index in [1.165, 1.54) is 6.20 Å². The lowest BCUT2D eigenvalue weighted by Gasteiger charge is -2.14. The second-order valence-corrected chi connectivity index (χ2v) is 5.17.